The predicted molar refractivity (Wildman–Crippen MR) is 78.3 cm³/mol. The lowest BCUT2D eigenvalue weighted by atomic mass is 9.99. The van der Waals surface area contributed by atoms with Crippen LogP contribution in [0.1, 0.15) is 51.9 Å². The molecule has 0 aromatic heterocycles. The maximum absolute atomic E-state index is 12.5. The third-order valence-electron chi connectivity index (χ3n) is 4.23. The van der Waals surface area contributed by atoms with E-state index < -0.39 is 0 Å². The van der Waals surface area contributed by atoms with Crippen LogP contribution in [0.25, 0.3) is 0 Å². The van der Waals surface area contributed by atoms with Crippen LogP contribution in [0.15, 0.2) is 0 Å². The summed E-state index contributed by atoms with van der Waals surface area (Å²) < 4.78 is 0. The van der Waals surface area contributed by atoms with Crippen molar-refractivity contribution in [2.24, 2.45) is 0 Å². The number of nitrogens with one attached hydrogen (secondary N) is 2. The number of hydrogen-bond acceptors (Lipinski definition) is 3. The molecule has 2 aliphatic heterocycles. The molecule has 2 fully saturated rings. The van der Waals surface area contributed by atoms with Gasteiger partial charge in [0.15, 0.2) is 0 Å². The van der Waals surface area contributed by atoms with Crippen LogP contribution in [0.5, 0.6) is 0 Å². The Morgan fingerprint density at radius 3 is 2.80 bits per heavy atom. The molecule has 5 heteroatoms. The Morgan fingerprint density at radius 2 is 2.10 bits per heavy atom. The van der Waals surface area contributed by atoms with Crippen molar-refractivity contribution < 1.29 is 9.59 Å². The number of hydrogen-bond donors (Lipinski definition) is 2. The van der Waals surface area contributed by atoms with Gasteiger partial charge in [0, 0.05) is 25.6 Å². The minimum atomic E-state index is -0.246. The summed E-state index contributed by atoms with van der Waals surface area (Å²) in [6, 6.07) is -0.0222. The summed E-state index contributed by atoms with van der Waals surface area (Å²) in [6.07, 6.45) is 6.40. The van der Waals surface area contributed by atoms with Crippen molar-refractivity contribution in [2.45, 2.75) is 64.0 Å². The van der Waals surface area contributed by atoms with Crippen molar-refractivity contribution in [1.29, 1.82) is 0 Å². The van der Waals surface area contributed by atoms with Crippen LogP contribution in [0, 0.1) is 0 Å². The second-order valence-electron chi connectivity index (χ2n) is 5.90. The third kappa shape index (κ3) is 3.95. The van der Waals surface area contributed by atoms with Crippen LogP contribution in [-0.2, 0) is 9.59 Å². The van der Waals surface area contributed by atoms with E-state index in [0.29, 0.717) is 6.42 Å². The van der Waals surface area contributed by atoms with E-state index >= 15 is 0 Å². The molecule has 0 spiro atoms. The average molecular weight is 281 g/mol. The number of carbonyl (C=O) groups is 2. The molecule has 1 unspecified atom stereocenters. The van der Waals surface area contributed by atoms with Gasteiger partial charge >= 0.3 is 0 Å². The highest BCUT2D eigenvalue weighted by atomic mass is 16.2. The lowest BCUT2D eigenvalue weighted by Crippen LogP contribution is -2.55. The second kappa shape index (κ2) is 7.62. The quantitative estimate of drug-likeness (QED) is 0.809. The molecule has 2 saturated heterocycles. The zero-order chi connectivity index (χ0) is 14.4. The molecule has 0 aromatic rings. The van der Waals surface area contributed by atoms with E-state index in [4.69, 9.17) is 0 Å². The van der Waals surface area contributed by atoms with Gasteiger partial charge in [0.2, 0.25) is 11.8 Å². The fourth-order valence-corrected chi connectivity index (χ4v) is 3.13. The number of piperidine rings is 2. The number of nitrogens with zero attached hydrogens (tertiary/aromatic N) is 1. The first-order valence-electron chi connectivity index (χ1n) is 8.03. The largest absolute Gasteiger partial charge is 0.350 e. The number of rotatable bonds is 4. The SMILES string of the molecule is CCCC(=O)N1CCCCC1C(=O)N[C@H]1CCCNC1. The monoisotopic (exact) mass is 281 g/mol. The van der Waals surface area contributed by atoms with Crippen molar-refractivity contribution in [1.82, 2.24) is 15.5 Å². The lowest BCUT2D eigenvalue weighted by molar-refractivity contribution is -0.142. The van der Waals surface area contributed by atoms with Crippen LogP contribution in [0.4, 0.5) is 0 Å². The molecule has 2 N–H and O–H groups in total. The molecule has 2 heterocycles. The van der Waals surface area contributed by atoms with E-state index in [1.807, 2.05) is 6.92 Å². The first-order chi connectivity index (χ1) is 9.72. The van der Waals surface area contributed by atoms with E-state index in [1.165, 1.54) is 0 Å². The van der Waals surface area contributed by atoms with Gasteiger partial charge in [-0.2, -0.15) is 0 Å². The fourth-order valence-electron chi connectivity index (χ4n) is 3.13. The molecule has 2 aliphatic rings. The van der Waals surface area contributed by atoms with Crippen LogP contribution >= 0.6 is 0 Å². The molecule has 5 nitrogen and oxygen atoms in total. The highest BCUT2D eigenvalue weighted by Crippen LogP contribution is 2.19. The van der Waals surface area contributed by atoms with Gasteiger partial charge in [-0.25, -0.2) is 0 Å². The summed E-state index contributed by atoms with van der Waals surface area (Å²) in [5.74, 6) is 0.178. The lowest BCUT2D eigenvalue weighted by Gasteiger charge is -2.36. The first kappa shape index (κ1) is 15.3. The van der Waals surface area contributed by atoms with Crippen molar-refractivity contribution in [3.05, 3.63) is 0 Å². The Labute approximate surface area is 121 Å². The molecule has 0 saturated carbocycles. The van der Waals surface area contributed by atoms with E-state index in [9.17, 15) is 9.59 Å². The maximum atomic E-state index is 12.5. The van der Waals surface area contributed by atoms with Crippen molar-refractivity contribution >= 4 is 11.8 Å². The Bertz CT molecular complexity index is 340. The van der Waals surface area contributed by atoms with Crippen molar-refractivity contribution in [2.75, 3.05) is 19.6 Å². The Morgan fingerprint density at radius 1 is 1.25 bits per heavy atom. The van der Waals surface area contributed by atoms with Crippen LogP contribution < -0.4 is 10.6 Å². The van der Waals surface area contributed by atoms with Crippen LogP contribution in [0.2, 0.25) is 0 Å². The zero-order valence-electron chi connectivity index (χ0n) is 12.5. The van der Waals surface area contributed by atoms with Crippen molar-refractivity contribution in [3.8, 4) is 0 Å². The van der Waals surface area contributed by atoms with E-state index in [0.717, 1.165) is 58.2 Å². The summed E-state index contributed by atoms with van der Waals surface area (Å²) in [4.78, 5) is 26.4. The van der Waals surface area contributed by atoms with E-state index in [2.05, 4.69) is 10.6 Å². The van der Waals surface area contributed by atoms with Crippen LogP contribution in [0.3, 0.4) is 0 Å². The molecule has 2 atom stereocenters. The van der Waals surface area contributed by atoms with Gasteiger partial charge in [-0.15, -0.1) is 0 Å². The van der Waals surface area contributed by atoms with E-state index in [1.54, 1.807) is 4.90 Å². The molecule has 0 aliphatic carbocycles. The minimum Gasteiger partial charge on any atom is -0.350 e. The number of likely N-dealkylation sites (tertiary alicyclic amines) is 1. The summed E-state index contributed by atoms with van der Waals surface area (Å²) in [5.41, 5.74) is 0. The smallest absolute Gasteiger partial charge is 0.243 e. The number of amides is 2. The zero-order valence-corrected chi connectivity index (χ0v) is 12.5. The standard InChI is InChI=1S/C15H27N3O2/c1-2-6-14(19)18-10-4-3-8-13(18)15(20)17-12-7-5-9-16-11-12/h12-13,16H,2-11H2,1H3,(H,17,20)/t12-,13?/m0/s1. The molecule has 0 bridgehead atoms. The Kier molecular flexibility index (Phi) is 5.83. The maximum Gasteiger partial charge on any atom is 0.243 e. The van der Waals surface area contributed by atoms with Gasteiger partial charge in [0.1, 0.15) is 6.04 Å². The molecule has 2 rings (SSSR count). The molecular weight excluding hydrogens is 254 g/mol. The highest BCUT2D eigenvalue weighted by Gasteiger charge is 2.32. The molecular formula is C15H27N3O2. The molecule has 20 heavy (non-hydrogen) atoms. The van der Waals surface area contributed by atoms with Crippen LogP contribution in [-0.4, -0.2) is 48.4 Å². The molecule has 2 amide bonds. The van der Waals surface area contributed by atoms with Gasteiger partial charge in [-0.1, -0.05) is 6.92 Å². The molecule has 114 valence electrons. The summed E-state index contributed by atoms with van der Waals surface area (Å²) >= 11 is 0. The highest BCUT2D eigenvalue weighted by molar-refractivity contribution is 5.88. The van der Waals surface area contributed by atoms with Gasteiger partial charge in [0.05, 0.1) is 0 Å². The Balaban J connectivity index is 1.92. The number of carbonyl (C=O) groups excluding carboxylic acids is 2. The topological polar surface area (TPSA) is 61.4 Å². The molecule has 0 aromatic carbocycles. The minimum absolute atomic E-state index is 0.0443. The van der Waals surface area contributed by atoms with E-state index in [-0.39, 0.29) is 23.9 Å². The third-order valence-corrected chi connectivity index (χ3v) is 4.23. The van der Waals surface area contributed by atoms with Gasteiger partial charge < -0.3 is 15.5 Å². The summed E-state index contributed by atoms with van der Waals surface area (Å²) in [5, 5.41) is 6.42. The fraction of sp³-hybridized carbons (Fsp3) is 0.867. The second-order valence-corrected chi connectivity index (χ2v) is 5.90. The van der Waals surface area contributed by atoms with Gasteiger partial charge in [-0.3, -0.25) is 9.59 Å². The molecule has 0 radical (unpaired) electrons. The summed E-state index contributed by atoms with van der Waals surface area (Å²) in [7, 11) is 0. The summed E-state index contributed by atoms with van der Waals surface area (Å²) in [6.45, 7) is 4.63. The Hall–Kier alpha value is -1.10. The predicted octanol–water partition coefficient (Wildman–Crippen LogP) is 1.04. The first-order valence-corrected chi connectivity index (χ1v) is 8.03. The van der Waals surface area contributed by atoms with Gasteiger partial charge in [-0.05, 0) is 45.1 Å². The van der Waals surface area contributed by atoms with Crippen molar-refractivity contribution in [3.63, 3.8) is 0 Å². The average Bonchev–Trinajstić information content (AvgIpc) is 2.48. The normalized spacial score (nSPS) is 27.1. The van der Waals surface area contributed by atoms with Gasteiger partial charge in [0.25, 0.3) is 0 Å².